The molecule has 19 heavy (non-hydrogen) atoms. The lowest BCUT2D eigenvalue weighted by Crippen LogP contribution is -2.23. The molecule has 5 nitrogen and oxygen atoms in total. The molecule has 0 saturated heterocycles. The van der Waals surface area contributed by atoms with E-state index in [1.54, 1.807) is 0 Å². The Morgan fingerprint density at radius 1 is 1.32 bits per heavy atom. The first-order chi connectivity index (χ1) is 9.26. The van der Waals surface area contributed by atoms with Crippen LogP contribution in [0.1, 0.15) is 12.8 Å². The second kappa shape index (κ2) is 4.85. The van der Waals surface area contributed by atoms with Gasteiger partial charge in [-0.25, -0.2) is 0 Å². The predicted molar refractivity (Wildman–Crippen MR) is 71.7 cm³/mol. The Morgan fingerprint density at radius 2 is 2.16 bits per heavy atom. The standard InChI is InChI=1S/C14H15N3O2/c1-9(15-2)7-13-16-14(17-19-13)12-8-10-5-3-4-6-11(10)18-12/h3-6,8-9,15H,7H2,1-2H3. The van der Waals surface area contributed by atoms with Crippen LogP contribution in [0, 0.1) is 0 Å². The second-order valence-corrected chi connectivity index (χ2v) is 4.55. The number of rotatable bonds is 4. The van der Waals surface area contributed by atoms with Crippen molar-refractivity contribution in [3.63, 3.8) is 0 Å². The van der Waals surface area contributed by atoms with E-state index in [0.717, 1.165) is 11.0 Å². The number of para-hydroxylation sites is 1. The summed E-state index contributed by atoms with van der Waals surface area (Å²) in [5.74, 6) is 1.74. The van der Waals surface area contributed by atoms with Gasteiger partial charge >= 0.3 is 0 Å². The molecule has 0 spiro atoms. The molecule has 0 aliphatic rings. The maximum atomic E-state index is 5.70. The highest BCUT2D eigenvalue weighted by atomic mass is 16.5. The quantitative estimate of drug-likeness (QED) is 0.778. The normalized spacial score (nSPS) is 12.9. The Bertz CT molecular complexity index is 654. The first-order valence-electron chi connectivity index (χ1n) is 6.25. The fourth-order valence-corrected chi connectivity index (χ4v) is 1.89. The second-order valence-electron chi connectivity index (χ2n) is 4.55. The molecule has 2 aromatic heterocycles. The van der Waals surface area contributed by atoms with Crippen molar-refractivity contribution in [3.8, 4) is 11.6 Å². The van der Waals surface area contributed by atoms with Crippen molar-refractivity contribution in [3.05, 3.63) is 36.2 Å². The monoisotopic (exact) mass is 257 g/mol. The Kier molecular flexibility index (Phi) is 3.05. The average molecular weight is 257 g/mol. The largest absolute Gasteiger partial charge is 0.453 e. The fourth-order valence-electron chi connectivity index (χ4n) is 1.89. The predicted octanol–water partition coefficient (Wildman–Crippen LogP) is 2.63. The topological polar surface area (TPSA) is 64.1 Å². The minimum absolute atomic E-state index is 0.295. The van der Waals surface area contributed by atoms with Gasteiger partial charge in [0.2, 0.25) is 11.7 Å². The summed E-state index contributed by atoms with van der Waals surface area (Å²) < 4.78 is 10.9. The lowest BCUT2D eigenvalue weighted by Gasteiger charge is -2.04. The van der Waals surface area contributed by atoms with Crippen molar-refractivity contribution >= 4 is 11.0 Å². The average Bonchev–Trinajstić information content (AvgIpc) is 3.04. The maximum absolute atomic E-state index is 5.70. The number of hydrogen-bond acceptors (Lipinski definition) is 5. The lowest BCUT2D eigenvalue weighted by atomic mass is 10.2. The van der Waals surface area contributed by atoms with Crippen LogP contribution in [0.5, 0.6) is 0 Å². The molecular weight excluding hydrogens is 242 g/mol. The van der Waals surface area contributed by atoms with E-state index >= 15 is 0 Å². The molecule has 2 heterocycles. The molecule has 98 valence electrons. The van der Waals surface area contributed by atoms with Crippen molar-refractivity contribution in [2.75, 3.05) is 7.05 Å². The molecule has 5 heteroatoms. The molecule has 3 rings (SSSR count). The van der Waals surface area contributed by atoms with E-state index in [1.165, 1.54) is 0 Å². The van der Waals surface area contributed by atoms with E-state index in [2.05, 4.69) is 22.4 Å². The van der Waals surface area contributed by atoms with Gasteiger partial charge in [0.05, 0.1) is 0 Å². The molecule has 0 aliphatic heterocycles. The van der Waals surface area contributed by atoms with Gasteiger partial charge in [-0.2, -0.15) is 4.98 Å². The molecule has 1 unspecified atom stereocenters. The van der Waals surface area contributed by atoms with Crippen LogP contribution < -0.4 is 5.32 Å². The third-order valence-electron chi connectivity index (χ3n) is 3.09. The van der Waals surface area contributed by atoms with E-state index < -0.39 is 0 Å². The minimum atomic E-state index is 0.295. The van der Waals surface area contributed by atoms with E-state index in [4.69, 9.17) is 8.94 Å². The zero-order chi connectivity index (χ0) is 13.2. The summed E-state index contributed by atoms with van der Waals surface area (Å²) in [5.41, 5.74) is 0.826. The first-order valence-corrected chi connectivity index (χ1v) is 6.25. The number of nitrogens with one attached hydrogen (secondary N) is 1. The minimum Gasteiger partial charge on any atom is -0.453 e. The number of nitrogens with zero attached hydrogens (tertiary/aromatic N) is 2. The molecule has 0 bridgehead atoms. The highest BCUT2D eigenvalue weighted by Crippen LogP contribution is 2.25. The lowest BCUT2D eigenvalue weighted by molar-refractivity contribution is 0.364. The summed E-state index contributed by atoms with van der Waals surface area (Å²) in [6, 6.07) is 10.0. The molecule has 1 N–H and O–H groups in total. The molecule has 1 aromatic carbocycles. The highest BCUT2D eigenvalue weighted by Gasteiger charge is 2.14. The number of fused-ring (bicyclic) bond motifs is 1. The molecule has 1 atom stereocenters. The van der Waals surface area contributed by atoms with Crippen LogP contribution in [0.4, 0.5) is 0 Å². The van der Waals surface area contributed by atoms with Gasteiger partial charge in [-0.05, 0) is 26.1 Å². The van der Waals surface area contributed by atoms with Gasteiger partial charge in [0, 0.05) is 17.8 Å². The molecular formula is C14H15N3O2. The number of likely N-dealkylation sites (N-methyl/N-ethyl adjacent to an activating group) is 1. The van der Waals surface area contributed by atoms with Crippen molar-refractivity contribution in [2.45, 2.75) is 19.4 Å². The Hall–Kier alpha value is -2.14. The first kappa shape index (κ1) is 11.9. The van der Waals surface area contributed by atoms with Crippen LogP contribution >= 0.6 is 0 Å². The summed E-state index contributed by atoms with van der Waals surface area (Å²) in [7, 11) is 1.90. The van der Waals surface area contributed by atoms with E-state index in [9.17, 15) is 0 Å². The Labute approximate surface area is 110 Å². The number of furan rings is 1. The summed E-state index contributed by atoms with van der Waals surface area (Å²) in [6.07, 6.45) is 0.698. The summed E-state index contributed by atoms with van der Waals surface area (Å²) in [5, 5.41) is 8.13. The van der Waals surface area contributed by atoms with Crippen molar-refractivity contribution in [2.24, 2.45) is 0 Å². The maximum Gasteiger partial charge on any atom is 0.238 e. The van der Waals surface area contributed by atoms with Gasteiger partial charge < -0.3 is 14.3 Å². The molecule has 0 fully saturated rings. The molecule has 0 aliphatic carbocycles. The van der Waals surface area contributed by atoms with Crippen LogP contribution in [0.25, 0.3) is 22.6 Å². The van der Waals surface area contributed by atoms with E-state index in [1.807, 2.05) is 37.4 Å². The number of hydrogen-bond donors (Lipinski definition) is 1. The molecule has 0 saturated carbocycles. The summed E-state index contributed by atoms with van der Waals surface area (Å²) >= 11 is 0. The van der Waals surface area contributed by atoms with Crippen molar-refractivity contribution in [1.82, 2.24) is 15.5 Å². The van der Waals surface area contributed by atoms with Crippen molar-refractivity contribution in [1.29, 1.82) is 0 Å². The molecule has 3 aromatic rings. The van der Waals surface area contributed by atoms with Crippen LogP contribution in [0.3, 0.4) is 0 Å². The zero-order valence-corrected chi connectivity index (χ0v) is 10.9. The fraction of sp³-hybridized carbons (Fsp3) is 0.286. The summed E-state index contributed by atoms with van der Waals surface area (Å²) in [6.45, 7) is 2.06. The van der Waals surface area contributed by atoms with Crippen LogP contribution in [-0.2, 0) is 6.42 Å². The smallest absolute Gasteiger partial charge is 0.238 e. The number of benzene rings is 1. The van der Waals surface area contributed by atoms with Gasteiger partial charge in [-0.3, -0.25) is 0 Å². The van der Waals surface area contributed by atoms with E-state index in [0.29, 0.717) is 29.9 Å². The Balaban J connectivity index is 1.89. The van der Waals surface area contributed by atoms with Crippen LogP contribution in [0.15, 0.2) is 39.3 Å². The SMILES string of the molecule is CNC(C)Cc1nc(-c2cc3ccccc3o2)no1. The third-order valence-corrected chi connectivity index (χ3v) is 3.09. The van der Waals surface area contributed by atoms with E-state index in [-0.39, 0.29) is 0 Å². The third kappa shape index (κ3) is 2.37. The van der Waals surface area contributed by atoms with Gasteiger partial charge in [0.25, 0.3) is 0 Å². The number of aromatic nitrogens is 2. The summed E-state index contributed by atoms with van der Waals surface area (Å²) in [4.78, 5) is 4.35. The van der Waals surface area contributed by atoms with Gasteiger partial charge in [-0.15, -0.1) is 0 Å². The molecule has 0 radical (unpaired) electrons. The van der Waals surface area contributed by atoms with Gasteiger partial charge in [0.15, 0.2) is 5.76 Å². The Morgan fingerprint density at radius 3 is 2.95 bits per heavy atom. The van der Waals surface area contributed by atoms with Gasteiger partial charge in [-0.1, -0.05) is 23.4 Å². The van der Waals surface area contributed by atoms with Crippen LogP contribution in [-0.4, -0.2) is 23.2 Å². The highest BCUT2D eigenvalue weighted by molar-refractivity contribution is 5.81. The zero-order valence-electron chi connectivity index (χ0n) is 10.9. The molecule has 0 amide bonds. The van der Waals surface area contributed by atoms with Crippen molar-refractivity contribution < 1.29 is 8.94 Å². The van der Waals surface area contributed by atoms with Crippen LogP contribution in [0.2, 0.25) is 0 Å². The van der Waals surface area contributed by atoms with Gasteiger partial charge in [0.1, 0.15) is 5.58 Å².